The molecule has 0 aromatic heterocycles. The molecule has 10 heteroatoms. The highest BCUT2D eigenvalue weighted by Crippen LogP contribution is 2.53. The highest BCUT2D eigenvalue weighted by molar-refractivity contribution is 7.89. The average molecular weight is 572 g/mol. The van der Waals surface area contributed by atoms with E-state index >= 15 is 0 Å². The number of benzene rings is 3. The minimum atomic E-state index is -4.94. The van der Waals surface area contributed by atoms with Crippen molar-refractivity contribution in [2.75, 3.05) is 18.1 Å². The van der Waals surface area contributed by atoms with Crippen LogP contribution in [0.5, 0.6) is 0 Å². The molecule has 0 saturated heterocycles. The first-order chi connectivity index (χ1) is 17.7. The normalized spacial score (nSPS) is 14.0. The Labute approximate surface area is 225 Å². The van der Waals surface area contributed by atoms with Crippen molar-refractivity contribution in [2.24, 2.45) is 5.92 Å². The number of hydrogen-bond acceptors (Lipinski definition) is 1. The Balaban J connectivity index is 1.92. The summed E-state index contributed by atoms with van der Waals surface area (Å²) < 4.78 is 79.8. The van der Waals surface area contributed by atoms with E-state index in [1.54, 1.807) is 0 Å². The number of alkyl halides is 6. The Kier molecular flexibility index (Phi) is 9.48. The smallest absolute Gasteiger partial charge is 0.356 e. The maximum Gasteiger partial charge on any atom is 0.416 e. The number of hydrogen-bond donors (Lipinski definition) is 2. The van der Waals surface area contributed by atoms with Crippen molar-refractivity contribution in [3.05, 3.63) is 90.0 Å². The fourth-order valence-corrected chi connectivity index (χ4v) is 8.17. The standard InChI is InChI=1S/C28H29F6N2PS/c1-4-19(2)25(18-37(3,23-11-7-5-8-12-23)24-13-9-6-10-14-24)36-26(38)35-22-16-20(27(29,30)31)15-21(17-22)28(32,33)34/h5-17,19,25H,4,18H2,1-3H3,(H-,35,36,38)/p+1/t19-,25+/m0/s1. The van der Waals surface area contributed by atoms with E-state index in [9.17, 15) is 26.3 Å². The zero-order valence-electron chi connectivity index (χ0n) is 21.2. The van der Waals surface area contributed by atoms with Crippen molar-refractivity contribution in [3.63, 3.8) is 0 Å². The first-order valence-corrected chi connectivity index (χ1v) is 14.9. The maximum atomic E-state index is 13.3. The summed E-state index contributed by atoms with van der Waals surface area (Å²) in [6.07, 6.45) is -8.40. The quantitative estimate of drug-likeness (QED) is 0.164. The third kappa shape index (κ3) is 7.48. The molecular weight excluding hydrogens is 541 g/mol. The second kappa shape index (κ2) is 12.0. The van der Waals surface area contributed by atoms with Gasteiger partial charge in [0.05, 0.1) is 47.9 Å². The first-order valence-electron chi connectivity index (χ1n) is 12.1. The van der Waals surface area contributed by atoms with Crippen molar-refractivity contribution in [2.45, 2.75) is 38.7 Å². The lowest BCUT2D eigenvalue weighted by atomic mass is 10.0. The molecule has 3 aromatic carbocycles. The van der Waals surface area contributed by atoms with Crippen LogP contribution in [0.4, 0.5) is 32.0 Å². The second-order valence-corrected chi connectivity index (χ2v) is 13.6. The average Bonchev–Trinajstić information content (AvgIpc) is 2.87. The van der Waals surface area contributed by atoms with E-state index in [1.807, 2.05) is 50.2 Å². The molecule has 0 fully saturated rings. The molecule has 0 amide bonds. The van der Waals surface area contributed by atoms with Gasteiger partial charge < -0.3 is 10.6 Å². The van der Waals surface area contributed by atoms with Gasteiger partial charge in [-0.3, -0.25) is 0 Å². The van der Waals surface area contributed by atoms with Gasteiger partial charge in [-0.1, -0.05) is 56.7 Å². The minimum Gasteiger partial charge on any atom is -0.356 e. The molecule has 0 aliphatic rings. The van der Waals surface area contributed by atoms with Gasteiger partial charge in [-0.15, -0.1) is 0 Å². The summed E-state index contributed by atoms with van der Waals surface area (Å²) in [5, 5.41) is 8.13. The third-order valence-electron chi connectivity index (χ3n) is 6.71. The molecule has 0 radical (unpaired) electrons. The van der Waals surface area contributed by atoms with Crippen LogP contribution in [0.1, 0.15) is 31.4 Å². The Morgan fingerprint density at radius 2 is 1.26 bits per heavy atom. The van der Waals surface area contributed by atoms with Crippen LogP contribution >= 0.6 is 19.5 Å². The Hall–Kier alpha value is -2.64. The van der Waals surface area contributed by atoms with Gasteiger partial charge in [0, 0.05) is 5.69 Å². The highest BCUT2D eigenvalue weighted by Gasteiger charge is 2.41. The lowest BCUT2D eigenvalue weighted by Gasteiger charge is -2.32. The molecule has 0 unspecified atom stereocenters. The first kappa shape index (κ1) is 29.9. The number of thiocarbonyl (C=S) groups is 1. The number of rotatable bonds is 8. The second-order valence-electron chi connectivity index (χ2n) is 9.43. The van der Waals surface area contributed by atoms with Gasteiger partial charge in [0.2, 0.25) is 0 Å². The van der Waals surface area contributed by atoms with E-state index in [-0.39, 0.29) is 28.8 Å². The van der Waals surface area contributed by atoms with Crippen molar-refractivity contribution in [1.82, 2.24) is 5.32 Å². The van der Waals surface area contributed by atoms with Gasteiger partial charge in [0.1, 0.15) is 0 Å². The molecule has 0 heterocycles. The van der Waals surface area contributed by atoms with E-state index in [0.717, 1.165) is 6.42 Å². The van der Waals surface area contributed by atoms with Crippen molar-refractivity contribution >= 4 is 40.9 Å². The monoisotopic (exact) mass is 571 g/mol. The van der Waals surface area contributed by atoms with Gasteiger partial charge in [0.25, 0.3) is 0 Å². The molecule has 0 spiro atoms. The maximum absolute atomic E-state index is 13.3. The predicted molar refractivity (Wildman–Crippen MR) is 149 cm³/mol. The third-order valence-corrected chi connectivity index (χ3v) is 10.9. The molecule has 3 aromatic rings. The van der Waals surface area contributed by atoms with E-state index in [2.05, 4.69) is 41.6 Å². The predicted octanol–water partition coefficient (Wildman–Crippen LogP) is 7.72. The lowest BCUT2D eigenvalue weighted by molar-refractivity contribution is -0.143. The molecular formula is C28H30F6N2PS+. The Morgan fingerprint density at radius 1 is 0.816 bits per heavy atom. The molecule has 0 saturated carbocycles. The topological polar surface area (TPSA) is 24.1 Å². The summed E-state index contributed by atoms with van der Waals surface area (Å²) in [5.74, 6) is 0.119. The fraction of sp³-hybridized carbons (Fsp3) is 0.321. The molecule has 0 aliphatic heterocycles. The molecule has 2 N–H and O–H groups in total. The van der Waals surface area contributed by atoms with Gasteiger partial charge in [-0.2, -0.15) is 26.3 Å². The molecule has 0 aliphatic carbocycles. The SMILES string of the molecule is CC[C@H](C)[C@@H](C[P+](C)(c1ccccc1)c1ccccc1)NC(=S)Nc1cc(C(F)(F)F)cc(C(F)(F)F)c1. The van der Waals surface area contributed by atoms with Crippen LogP contribution in [0.25, 0.3) is 0 Å². The van der Waals surface area contributed by atoms with Crippen molar-refractivity contribution < 1.29 is 26.3 Å². The van der Waals surface area contributed by atoms with Crippen LogP contribution < -0.4 is 21.2 Å². The van der Waals surface area contributed by atoms with Gasteiger partial charge in [0.15, 0.2) is 5.11 Å². The minimum absolute atomic E-state index is 0.0320. The van der Waals surface area contributed by atoms with E-state index < -0.39 is 30.7 Å². The summed E-state index contributed by atoms with van der Waals surface area (Å²) in [5.41, 5.74) is -3.18. The summed E-state index contributed by atoms with van der Waals surface area (Å²) in [4.78, 5) is 0. The summed E-state index contributed by atoms with van der Waals surface area (Å²) >= 11 is 5.40. The summed E-state index contributed by atoms with van der Waals surface area (Å²) in [6.45, 7) is 6.30. The van der Waals surface area contributed by atoms with Crippen LogP contribution in [0.2, 0.25) is 0 Å². The van der Waals surface area contributed by atoms with Gasteiger partial charge in [-0.25, -0.2) is 0 Å². The molecule has 2 nitrogen and oxygen atoms in total. The van der Waals surface area contributed by atoms with Crippen molar-refractivity contribution in [1.29, 1.82) is 0 Å². The van der Waals surface area contributed by atoms with Crippen LogP contribution in [-0.4, -0.2) is 24.0 Å². The number of anilines is 1. The molecule has 3 rings (SSSR count). The highest BCUT2D eigenvalue weighted by atomic mass is 32.1. The van der Waals surface area contributed by atoms with Crippen LogP contribution in [0.3, 0.4) is 0 Å². The van der Waals surface area contributed by atoms with E-state index in [0.29, 0.717) is 18.3 Å². The Morgan fingerprint density at radius 3 is 1.66 bits per heavy atom. The molecule has 204 valence electrons. The van der Waals surface area contributed by atoms with E-state index in [1.165, 1.54) is 10.6 Å². The Bertz CT molecular complexity index is 1140. The van der Waals surface area contributed by atoms with Gasteiger partial charge in [-0.05, 0) is 60.6 Å². The zero-order chi connectivity index (χ0) is 28.1. The lowest BCUT2D eigenvalue weighted by Crippen LogP contribution is -2.46. The zero-order valence-corrected chi connectivity index (χ0v) is 22.9. The largest absolute Gasteiger partial charge is 0.416 e. The summed E-state index contributed by atoms with van der Waals surface area (Å²) in [6, 6.07) is 21.4. The number of nitrogens with one attached hydrogen (secondary N) is 2. The van der Waals surface area contributed by atoms with Gasteiger partial charge >= 0.3 is 12.4 Å². The number of halogens is 6. The van der Waals surface area contributed by atoms with Crippen LogP contribution in [0, 0.1) is 5.92 Å². The van der Waals surface area contributed by atoms with Crippen molar-refractivity contribution in [3.8, 4) is 0 Å². The van der Waals surface area contributed by atoms with Crippen LogP contribution in [0.15, 0.2) is 78.9 Å². The van der Waals surface area contributed by atoms with E-state index in [4.69, 9.17) is 12.2 Å². The van der Waals surface area contributed by atoms with Crippen LogP contribution in [-0.2, 0) is 12.4 Å². The fourth-order valence-electron chi connectivity index (χ4n) is 4.28. The molecule has 2 atom stereocenters. The summed E-state index contributed by atoms with van der Waals surface area (Å²) in [7, 11) is -1.94. The molecule has 0 bridgehead atoms. The molecule has 38 heavy (non-hydrogen) atoms.